The summed E-state index contributed by atoms with van der Waals surface area (Å²) in [6, 6.07) is 9.30. The van der Waals surface area contributed by atoms with E-state index in [1.54, 1.807) is 13.0 Å². The van der Waals surface area contributed by atoms with Gasteiger partial charge in [0.1, 0.15) is 0 Å². The first-order valence-electron chi connectivity index (χ1n) is 7.27. The van der Waals surface area contributed by atoms with Crippen molar-refractivity contribution >= 4 is 28.2 Å². The summed E-state index contributed by atoms with van der Waals surface area (Å²) in [4.78, 5) is 28.4. The highest BCUT2D eigenvalue weighted by Crippen LogP contribution is 2.24. The van der Waals surface area contributed by atoms with E-state index in [1.807, 2.05) is 31.2 Å². The van der Waals surface area contributed by atoms with Crippen LogP contribution >= 0.6 is 11.3 Å². The van der Waals surface area contributed by atoms with Gasteiger partial charge in [-0.3, -0.25) is 14.9 Å². The molecule has 0 saturated heterocycles. The third-order valence-electron chi connectivity index (χ3n) is 3.42. The fourth-order valence-corrected chi connectivity index (χ4v) is 3.03. The van der Waals surface area contributed by atoms with Crippen LogP contribution < -0.4 is 5.32 Å². The SMILES string of the molecule is CC(=O)c1sc(NC(=O)c2cc(-c3ccc(C)cc3)on2)nc1C. The number of aromatic nitrogens is 2. The number of amides is 1. The molecule has 3 aromatic rings. The molecule has 24 heavy (non-hydrogen) atoms. The highest BCUT2D eigenvalue weighted by atomic mass is 32.1. The minimum Gasteiger partial charge on any atom is -0.355 e. The first-order valence-corrected chi connectivity index (χ1v) is 8.09. The Labute approximate surface area is 142 Å². The van der Waals surface area contributed by atoms with Gasteiger partial charge in [-0.05, 0) is 13.8 Å². The van der Waals surface area contributed by atoms with Crippen molar-refractivity contribution in [1.82, 2.24) is 10.1 Å². The Morgan fingerprint density at radius 2 is 1.88 bits per heavy atom. The van der Waals surface area contributed by atoms with Gasteiger partial charge in [0.15, 0.2) is 22.4 Å². The van der Waals surface area contributed by atoms with Crippen molar-refractivity contribution in [3.8, 4) is 11.3 Å². The molecule has 0 aliphatic heterocycles. The van der Waals surface area contributed by atoms with Crippen molar-refractivity contribution in [3.63, 3.8) is 0 Å². The molecule has 1 aromatic carbocycles. The van der Waals surface area contributed by atoms with Crippen LogP contribution in [0.1, 0.15) is 38.3 Å². The van der Waals surface area contributed by atoms with Crippen molar-refractivity contribution in [3.05, 3.63) is 52.2 Å². The molecule has 122 valence electrons. The molecule has 1 N–H and O–H groups in total. The number of rotatable bonds is 4. The topological polar surface area (TPSA) is 85.1 Å². The van der Waals surface area contributed by atoms with Crippen LogP contribution in [0.3, 0.4) is 0 Å². The van der Waals surface area contributed by atoms with Gasteiger partial charge < -0.3 is 4.52 Å². The summed E-state index contributed by atoms with van der Waals surface area (Å²) in [6.07, 6.45) is 0. The number of carbonyl (C=O) groups excluding carboxylic acids is 2. The quantitative estimate of drug-likeness (QED) is 0.728. The van der Waals surface area contributed by atoms with Crippen molar-refractivity contribution in [2.45, 2.75) is 20.8 Å². The molecule has 6 nitrogen and oxygen atoms in total. The zero-order valence-electron chi connectivity index (χ0n) is 13.4. The van der Waals surface area contributed by atoms with Gasteiger partial charge in [-0.2, -0.15) is 0 Å². The Bertz CT molecular complexity index is 910. The second-order valence-corrected chi connectivity index (χ2v) is 6.39. The molecule has 1 amide bonds. The molecule has 3 rings (SSSR count). The second kappa shape index (κ2) is 6.37. The van der Waals surface area contributed by atoms with Gasteiger partial charge in [-0.25, -0.2) is 4.98 Å². The zero-order valence-corrected chi connectivity index (χ0v) is 14.2. The van der Waals surface area contributed by atoms with E-state index in [9.17, 15) is 9.59 Å². The van der Waals surface area contributed by atoms with E-state index in [0.717, 1.165) is 22.5 Å². The molecule has 0 saturated carbocycles. The summed E-state index contributed by atoms with van der Waals surface area (Å²) in [5.74, 6) is 0.00875. The summed E-state index contributed by atoms with van der Waals surface area (Å²) in [6.45, 7) is 5.19. The van der Waals surface area contributed by atoms with E-state index in [0.29, 0.717) is 21.5 Å². The van der Waals surface area contributed by atoms with E-state index >= 15 is 0 Å². The van der Waals surface area contributed by atoms with E-state index in [-0.39, 0.29) is 11.5 Å². The van der Waals surface area contributed by atoms with Crippen LogP contribution in [-0.4, -0.2) is 21.8 Å². The van der Waals surface area contributed by atoms with E-state index in [2.05, 4.69) is 15.5 Å². The van der Waals surface area contributed by atoms with Crippen molar-refractivity contribution in [2.24, 2.45) is 0 Å². The van der Waals surface area contributed by atoms with Crippen LogP contribution in [0, 0.1) is 13.8 Å². The first-order chi connectivity index (χ1) is 11.4. The number of Topliss-reactive ketones (excluding diaryl/α,β-unsaturated/α-hetero) is 1. The number of carbonyl (C=O) groups is 2. The number of ketones is 1. The molecule has 0 unspecified atom stereocenters. The van der Waals surface area contributed by atoms with Gasteiger partial charge >= 0.3 is 0 Å². The van der Waals surface area contributed by atoms with E-state index in [1.165, 1.54) is 6.92 Å². The third kappa shape index (κ3) is 3.26. The van der Waals surface area contributed by atoms with Gasteiger partial charge in [-0.1, -0.05) is 46.3 Å². The largest absolute Gasteiger partial charge is 0.355 e. The van der Waals surface area contributed by atoms with E-state index < -0.39 is 5.91 Å². The lowest BCUT2D eigenvalue weighted by Crippen LogP contribution is -2.11. The summed E-state index contributed by atoms with van der Waals surface area (Å²) in [7, 11) is 0. The molecule has 0 radical (unpaired) electrons. The Balaban J connectivity index is 1.77. The summed E-state index contributed by atoms with van der Waals surface area (Å²) < 4.78 is 5.23. The Morgan fingerprint density at radius 3 is 2.50 bits per heavy atom. The smallest absolute Gasteiger partial charge is 0.279 e. The molecular formula is C17H15N3O3S. The van der Waals surface area contributed by atoms with Gasteiger partial charge in [0.25, 0.3) is 5.91 Å². The van der Waals surface area contributed by atoms with Crippen LogP contribution in [-0.2, 0) is 0 Å². The molecule has 0 aliphatic rings. The lowest BCUT2D eigenvalue weighted by molar-refractivity contribution is 0.101. The van der Waals surface area contributed by atoms with Crippen LogP contribution in [0.15, 0.2) is 34.9 Å². The number of nitrogens with one attached hydrogen (secondary N) is 1. The normalized spacial score (nSPS) is 10.6. The van der Waals surface area contributed by atoms with Crippen LogP contribution in [0.25, 0.3) is 11.3 Å². The predicted molar refractivity (Wildman–Crippen MR) is 91.5 cm³/mol. The van der Waals surface area contributed by atoms with Crippen molar-refractivity contribution < 1.29 is 14.1 Å². The maximum absolute atomic E-state index is 12.3. The fraction of sp³-hybridized carbons (Fsp3) is 0.176. The number of hydrogen-bond donors (Lipinski definition) is 1. The minimum atomic E-state index is -0.430. The number of anilines is 1. The van der Waals surface area contributed by atoms with Gasteiger partial charge in [-0.15, -0.1) is 0 Å². The zero-order chi connectivity index (χ0) is 17.3. The van der Waals surface area contributed by atoms with Crippen LogP contribution in [0.2, 0.25) is 0 Å². The number of aryl methyl sites for hydroxylation is 2. The average Bonchev–Trinajstić information content (AvgIpc) is 3.15. The highest BCUT2D eigenvalue weighted by Gasteiger charge is 2.17. The number of thiazole rings is 1. The van der Waals surface area contributed by atoms with Gasteiger partial charge in [0.05, 0.1) is 10.6 Å². The minimum absolute atomic E-state index is 0.0754. The van der Waals surface area contributed by atoms with Crippen molar-refractivity contribution in [2.75, 3.05) is 5.32 Å². The number of nitrogens with zero attached hydrogens (tertiary/aromatic N) is 2. The summed E-state index contributed by atoms with van der Waals surface area (Å²) in [5, 5.41) is 6.80. The van der Waals surface area contributed by atoms with Gasteiger partial charge in [0.2, 0.25) is 0 Å². The second-order valence-electron chi connectivity index (χ2n) is 5.39. The summed E-state index contributed by atoms with van der Waals surface area (Å²) in [5.41, 5.74) is 2.74. The van der Waals surface area contributed by atoms with Gasteiger partial charge in [0, 0.05) is 18.6 Å². The molecule has 0 spiro atoms. The van der Waals surface area contributed by atoms with Crippen LogP contribution in [0.5, 0.6) is 0 Å². The third-order valence-corrected chi connectivity index (χ3v) is 4.59. The van der Waals surface area contributed by atoms with E-state index in [4.69, 9.17) is 4.52 Å². The number of benzene rings is 1. The maximum atomic E-state index is 12.3. The Kier molecular flexibility index (Phi) is 4.26. The monoisotopic (exact) mass is 341 g/mol. The molecule has 7 heteroatoms. The standard InChI is InChI=1S/C17H15N3O3S/c1-9-4-6-12(7-5-9)14-8-13(20-23-14)16(22)19-17-18-10(2)15(24-17)11(3)21/h4-8H,1-3H3,(H,18,19,22). The lowest BCUT2D eigenvalue weighted by atomic mass is 10.1. The molecule has 2 aromatic heterocycles. The molecule has 2 heterocycles. The first kappa shape index (κ1) is 16.1. The molecule has 0 fully saturated rings. The molecule has 0 bridgehead atoms. The molecule has 0 aliphatic carbocycles. The summed E-state index contributed by atoms with van der Waals surface area (Å²) >= 11 is 1.14. The molecular weight excluding hydrogens is 326 g/mol. The fourth-order valence-electron chi connectivity index (χ4n) is 2.17. The Hall–Kier alpha value is -2.80. The average molecular weight is 341 g/mol. The van der Waals surface area contributed by atoms with Crippen molar-refractivity contribution in [1.29, 1.82) is 0 Å². The van der Waals surface area contributed by atoms with Crippen LogP contribution in [0.4, 0.5) is 5.13 Å². The Morgan fingerprint density at radius 1 is 1.17 bits per heavy atom. The lowest BCUT2D eigenvalue weighted by Gasteiger charge is -1.96. The highest BCUT2D eigenvalue weighted by molar-refractivity contribution is 7.17. The predicted octanol–water partition coefficient (Wildman–Crippen LogP) is 3.87. The molecule has 0 atom stereocenters. The number of hydrogen-bond acceptors (Lipinski definition) is 6. The maximum Gasteiger partial charge on any atom is 0.279 e.